The van der Waals surface area contributed by atoms with E-state index in [1.165, 1.54) is 12.1 Å². The van der Waals surface area contributed by atoms with Crippen LogP contribution in [-0.2, 0) is 0 Å². The van der Waals surface area contributed by atoms with Crippen LogP contribution in [0.15, 0.2) is 18.2 Å². The van der Waals surface area contributed by atoms with Gasteiger partial charge in [0.1, 0.15) is 0 Å². The molecule has 56 valence electrons. The molecule has 0 bridgehead atoms. The Morgan fingerprint density at radius 1 is 1.30 bits per heavy atom. The summed E-state index contributed by atoms with van der Waals surface area (Å²) in [6.45, 7) is 0. The van der Waals surface area contributed by atoms with Gasteiger partial charge in [0.15, 0.2) is 0 Å². The molecule has 0 N–H and O–H groups in total. The van der Waals surface area contributed by atoms with Crippen LogP contribution in [0.25, 0.3) is 0 Å². The third-order valence-corrected chi connectivity index (χ3v) is 5.22. The molecule has 0 nitrogen and oxygen atoms in total. The average molecular weight is 367 g/mol. The molecule has 1 rings (SSSR count). The van der Waals surface area contributed by atoms with E-state index in [2.05, 4.69) is 18.6 Å². The number of hydrogen-bond acceptors (Lipinski definition) is 0. The molecule has 1 aromatic rings. The van der Waals surface area contributed by atoms with Crippen LogP contribution in [0.5, 0.6) is 0 Å². The fraction of sp³-hybridized carbons (Fsp3) is 0. The van der Waals surface area contributed by atoms with Crippen molar-refractivity contribution in [3.05, 3.63) is 33.4 Å². The van der Waals surface area contributed by atoms with Crippen LogP contribution in [-0.4, -0.2) is 0 Å². The standard InChI is InChI=1S/C6H3F2I2/c7-4-1-2-6(10-9)5(8)3-4/h1-3H/q-1. The number of hydrogen-bond donors (Lipinski definition) is 0. The van der Waals surface area contributed by atoms with Crippen LogP contribution < -0.4 is 17.2 Å². The van der Waals surface area contributed by atoms with Gasteiger partial charge < -0.3 is 0 Å². The van der Waals surface area contributed by atoms with Crippen LogP contribution in [0.1, 0.15) is 0 Å². The van der Waals surface area contributed by atoms with Gasteiger partial charge in [-0.3, -0.25) is 0 Å². The van der Waals surface area contributed by atoms with Crippen molar-refractivity contribution < 1.29 is 26.0 Å². The van der Waals surface area contributed by atoms with Crippen molar-refractivity contribution in [1.29, 1.82) is 0 Å². The minimum atomic E-state index is -0.505. The fourth-order valence-electron chi connectivity index (χ4n) is 0.528. The molecular weight excluding hydrogens is 364 g/mol. The Morgan fingerprint density at radius 2 is 2.00 bits per heavy atom. The quantitative estimate of drug-likeness (QED) is 0.467. The molecule has 0 atom stereocenters. The van der Waals surface area contributed by atoms with Gasteiger partial charge in [-0.1, -0.05) is 0 Å². The Kier molecular flexibility index (Phi) is 3.28. The molecule has 0 radical (unpaired) electrons. The van der Waals surface area contributed by atoms with Gasteiger partial charge in [0.25, 0.3) is 0 Å². The van der Waals surface area contributed by atoms with Gasteiger partial charge in [0.2, 0.25) is 0 Å². The van der Waals surface area contributed by atoms with Gasteiger partial charge in [-0.25, -0.2) is 0 Å². The van der Waals surface area contributed by atoms with Crippen LogP contribution in [0, 0.1) is 15.2 Å². The molecule has 0 spiro atoms. The van der Waals surface area contributed by atoms with Gasteiger partial charge in [0, 0.05) is 0 Å². The Bertz CT molecular complexity index is 237. The fourth-order valence-corrected chi connectivity index (χ4v) is 3.41. The second kappa shape index (κ2) is 3.80. The van der Waals surface area contributed by atoms with E-state index in [1.54, 1.807) is 0 Å². The third-order valence-electron chi connectivity index (χ3n) is 0.959. The summed E-state index contributed by atoms with van der Waals surface area (Å²) in [5.41, 5.74) is 0. The molecule has 0 heterocycles. The SMILES string of the molecule is Fc1ccc([I-]I)c(F)c1. The van der Waals surface area contributed by atoms with Crippen molar-refractivity contribution >= 4 is 18.6 Å². The van der Waals surface area contributed by atoms with Crippen molar-refractivity contribution in [2.45, 2.75) is 0 Å². The summed E-state index contributed by atoms with van der Waals surface area (Å²) in [5.74, 6) is -0.919. The zero-order chi connectivity index (χ0) is 7.56. The Hall–Kier alpha value is 0.540. The van der Waals surface area contributed by atoms with E-state index in [1.807, 2.05) is 0 Å². The second-order valence-electron chi connectivity index (χ2n) is 1.63. The summed E-state index contributed by atoms with van der Waals surface area (Å²) in [6, 6.07) is 3.72. The van der Waals surface area contributed by atoms with E-state index in [4.69, 9.17) is 0 Å². The molecule has 0 aliphatic carbocycles. The van der Waals surface area contributed by atoms with Crippen molar-refractivity contribution in [1.82, 2.24) is 0 Å². The first-order valence-electron chi connectivity index (χ1n) is 2.45. The number of halogens is 4. The molecule has 0 unspecified atom stereocenters. The van der Waals surface area contributed by atoms with E-state index < -0.39 is 11.6 Å². The van der Waals surface area contributed by atoms with Crippen LogP contribution in [0.2, 0.25) is 0 Å². The Balaban J connectivity index is 3.07. The van der Waals surface area contributed by atoms with Crippen molar-refractivity contribution in [2.24, 2.45) is 0 Å². The first kappa shape index (κ1) is 8.63. The Morgan fingerprint density at radius 3 is 2.50 bits per heavy atom. The van der Waals surface area contributed by atoms with Crippen LogP contribution >= 0.6 is 18.6 Å². The summed E-state index contributed by atoms with van der Waals surface area (Å²) < 4.78 is 25.5. The summed E-state index contributed by atoms with van der Waals surface area (Å²) in [4.78, 5) is 0. The second-order valence-corrected chi connectivity index (χ2v) is 5.93. The van der Waals surface area contributed by atoms with E-state index in [-0.39, 0.29) is 17.2 Å². The molecule has 0 amide bonds. The van der Waals surface area contributed by atoms with Gasteiger partial charge in [-0.2, -0.15) is 0 Å². The molecule has 0 saturated carbocycles. The molecule has 1 aromatic carbocycles. The molecule has 4 heteroatoms. The first-order valence-corrected chi connectivity index (χ1v) is 9.81. The molecule has 0 aromatic heterocycles. The molecule has 10 heavy (non-hydrogen) atoms. The van der Waals surface area contributed by atoms with Gasteiger partial charge in [-0.15, -0.1) is 0 Å². The number of benzene rings is 1. The topological polar surface area (TPSA) is 0 Å². The molecule has 0 aliphatic rings. The van der Waals surface area contributed by atoms with E-state index in [9.17, 15) is 8.78 Å². The first-order chi connectivity index (χ1) is 4.74. The predicted molar refractivity (Wildman–Crippen MR) is 39.1 cm³/mol. The van der Waals surface area contributed by atoms with Crippen LogP contribution in [0.3, 0.4) is 0 Å². The number of rotatable bonds is 1. The monoisotopic (exact) mass is 367 g/mol. The molecular formula is C6H3F2I2-. The molecule has 0 aliphatic heterocycles. The third kappa shape index (κ3) is 2.01. The average Bonchev–Trinajstić information content (AvgIpc) is 1.88. The molecule has 0 saturated heterocycles. The summed E-state index contributed by atoms with van der Waals surface area (Å²) in [6.07, 6.45) is 0. The van der Waals surface area contributed by atoms with Crippen molar-refractivity contribution in [3.63, 3.8) is 0 Å². The minimum absolute atomic E-state index is 0.297. The zero-order valence-corrected chi connectivity index (χ0v) is 9.06. The Labute approximate surface area is 77.4 Å². The molecule has 0 fully saturated rings. The van der Waals surface area contributed by atoms with E-state index in [0.29, 0.717) is 3.57 Å². The normalized spacial score (nSPS) is 10.3. The van der Waals surface area contributed by atoms with Gasteiger partial charge in [-0.05, 0) is 0 Å². The maximum absolute atomic E-state index is 12.6. The van der Waals surface area contributed by atoms with Crippen molar-refractivity contribution in [3.8, 4) is 0 Å². The van der Waals surface area contributed by atoms with E-state index >= 15 is 0 Å². The van der Waals surface area contributed by atoms with E-state index in [0.717, 1.165) is 6.07 Å². The van der Waals surface area contributed by atoms with Gasteiger partial charge >= 0.3 is 78.0 Å². The van der Waals surface area contributed by atoms with Crippen LogP contribution in [0.4, 0.5) is 8.78 Å². The summed E-state index contributed by atoms with van der Waals surface area (Å²) in [5, 5.41) is 0. The summed E-state index contributed by atoms with van der Waals surface area (Å²) in [7, 11) is 0. The maximum atomic E-state index is 12.6. The summed E-state index contributed by atoms with van der Waals surface area (Å²) >= 11 is 1.84. The zero-order valence-electron chi connectivity index (χ0n) is 4.74. The van der Waals surface area contributed by atoms with Gasteiger partial charge in [0.05, 0.1) is 0 Å². The van der Waals surface area contributed by atoms with Crippen molar-refractivity contribution in [2.75, 3.05) is 0 Å². The predicted octanol–water partition coefficient (Wildman–Crippen LogP) is -0.427.